The minimum Gasteiger partial charge on any atom is -0.489 e. The van der Waals surface area contributed by atoms with Crippen molar-refractivity contribution in [3.8, 4) is 5.75 Å². The van der Waals surface area contributed by atoms with Crippen molar-refractivity contribution in [3.63, 3.8) is 0 Å². The van der Waals surface area contributed by atoms with Crippen LogP contribution >= 0.6 is 0 Å². The molecule has 4 rings (SSSR count). The van der Waals surface area contributed by atoms with Gasteiger partial charge in [0.2, 0.25) is 5.91 Å². The fourth-order valence-electron chi connectivity index (χ4n) is 3.59. The van der Waals surface area contributed by atoms with Gasteiger partial charge in [-0.2, -0.15) is 0 Å². The molecule has 0 saturated carbocycles. The molecule has 0 unspecified atom stereocenters. The van der Waals surface area contributed by atoms with Gasteiger partial charge in [0.05, 0.1) is 0 Å². The van der Waals surface area contributed by atoms with Crippen LogP contribution in [0.4, 0.5) is 0 Å². The quantitative estimate of drug-likeness (QED) is 0.593. The van der Waals surface area contributed by atoms with Gasteiger partial charge >= 0.3 is 0 Å². The molecule has 0 radical (unpaired) electrons. The van der Waals surface area contributed by atoms with Gasteiger partial charge < -0.3 is 19.4 Å². The fraction of sp³-hybridized carbons (Fsp3) is 0.304. The van der Waals surface area contributed by atoms with Gasteiger partial charge in [0, 0.05) is 37.0 Å². The lowest BCUT2D eigenvalue weighted by atomic mass is 10.1. The Bertz CT molecular complexity index is 997. The maximum absolute atomic E-state index is 12.8. The average Bonchev–Trinajstić information content (AvgIpc) is 3.33. The molecule has 0 bridgehead atoms. The fourth-order valence-corrected chi connectivity index (χ4v) is 3.59. The Hall–Kier alpha value is -3.28. The minimum atomic E-state index is -0.263. The number of rotatable bonds is 8. The molecule has 0 aliphatic carbocycles. The van der Waals surface area contributed by atoms with Gasteiger partial charge in [0.1, 0.15) is 17.9 Å². The second-order valence-electron chi connectivity index (χ2n) is 7.10. The number of carbonyl (C=O) groups is 2. The summed E-state index contributed by atoms with van der Waals surface area (Å²) in [6.07, 6.45) is 2.28. The van der Waals surface area contributed by atoms with Gasteiger partial charge in [-0.1, -0.05) is 36.4 Å². The average molecular weight is 392 g/mol. The van der Waals surface area contributed by atoms with E-state index in [0.29, 0.717) is 31.5 Å². The van der Waals surface area contributed by atoms with Crippen molar-refractivity contribution in [2.24, 2.45) is 0 Å². The van der Waals surface area contributed by atoms with Crippen LogP contribution in [0.2, 0.25) is 0 Å². The molecule has 29 heavy (non-hydrogen) atoms. The van der Waals surface area contributed by atoms with E-state index in [9.17, 15) is 9.59 Å². The number of nitrogens with zero attached hydrogens (tertiary/aromatic N) is 1. The van der Waals surface area contributed by atoms with Crippen LogP contribution in [0.1, 0.15) is 35.4 Å². The molecule has 6 nitrogen and oxygen atoms in total. The molecule has 1 N–H and O–H groups in total. The zero-order chi connectivity index (χ0) is 20.1. The molecule has 2 aromatic carbocycles. The van der Waals surface area contributed by atoms with Crippen molar-refractivity contribution in [2.75, 3.05) is 19.6 Å². The molecule has 0 spiro atoms. The summed E-state index contributed by atoms with van der Waals surface area (Å²) in [6, 6.07) is 17.1. The highest BCUT2D eigenvalue weighted by atomic mass is 16.5. The van der Waals surface area contributed by atoms with Crippen LogP contribution in [0.5, 0.6) is 5.75 Å². The Morgan fingerprint density at radius 1 is 1.10 bits per heavy atom. The molecule has 6 heteroatoms. The first-order valence-electron chi connectivity index (χ1n) is 9.96. The van der Waals surface area contributed by atoms with Crippen LogP contribution in [-0.4, -0.2) is 36.3 Å². The molecular formula is C23H24N2O4. The molecule has 1 aliphatic rings. The highest BCUT2D eigenvalue weighted by molar-refractivity contribution is 5.99. The smallest absolute Gasteiger partial charge is 0.287 e. The van der Waals surface area contributed by atoms with E-state index in [4.69, 9.17) is 9.15 Å². The second kappa shape index (κ2) is 8.82. The van der Waals surface area contributed by atoms with E-state index < -0.39 is 0 Å². The molecule has 150 valence electrons. The second-order valence-corrected chi connectivity index (χ2v) is 7.10. The first kappa shape index (κ1) is 19.1. The zero-order valence-corrected chi connectivity index (χ0v) is 16.2. The van der Waals surface area contributed by atoms with Gasteiger partial charge in [0.15, 0.2) is 5.76 Å². The number of ether oxygens (including phenoxy) is 1. The molecule has 1 fully saturated rings. The minimum absolute atomic E-state index is 0.203. The third-order valence-electron chi connectivity index (χ3n) is 5.09. The molecule has 1 aromatic heterocycles. The van der Waals surface area contributed by atoms with Crippen molar-refractivity contribution >= 4 is 22.8 Å². The molecule has 0 atom stereocenters. The SMILES string of the molecule is O=C(NCCCN1CCCC1=O)c1oc2ccccc2c1COc1ccccc1. The number of fused-ring (bicyclic) bond motifs is 1. The van der Waals surface area contributed by atoms with E-state index in [1.807, 2.05) is 59.5 Å². The number of furan rings is 1. The Kier molecular flexibility index (Phi) is 5.79. The number of hydrogen-bond acceptors (Lipinski definition) is 4. The molecule has 2 amide bonds. The summed E-state index contributed by atoms with van der Waals surface area (Å²) in [4.78, 5) is 26.3. The lowest BCUT2D eigenvalue weighted by Gasteiger charge is -2.15. The topological polar surface area (TPSA) is 71.8 Å². The Balaban J connectivity index is 1.42. The van der Waals surface area contributed by atoms with Crippen LogP contribution in [0.3, 0.4) is 0 Å². The van der Waals surface area contributed by atoms with Gasteiger partial charge in [0.25, 0.3) is 5.91 Å². The number of para-hydroxylation sites is 2. The Morgan fingerprint density at radius 3 is 2.69 bits per heavy atom. The maximum atomic E-state index is 12.8. The van der Waals surface area contributed by atoms with E-state index in [1.165, 1.54) is 0 Å². The van der Waals surface area contributed by atoms with Crippen molar-refractivity contribution < 1.29 is 18.7 Å². The van der Waals surface area contributed by atoms with Crippen molar-refractivity contribution in [1.29, 1.82) is 0 Å². The van der Waals surface area contributed by atoms with Crippen LogP contribution in [0.15, 0.2) is 59.0 Å². The molecular weight excluding hydrogens is 368 g/mol. The zero-order valence-electron chi connectivity index (χ0n) is 16.2. The van der Waals surface area contributed by atoms with E-state index in [0.717, 1.165) is 29.7 Å². The number of nitrogens with one attached hydrogen (secondary N) is 1. The third-order valence-corrected chi connectivity index (χ3v) is 5.09. The number of amides is 2. The van der Waals surface area contributed by atoms with Gasteiger partial charge in [-0.15, -0.1) is 0 Å². The van der Waals surface area contributed by atoms with Crippen LogP contribution in [-0.2, 0) is 11.4 Å². The van der Waals surface area contributed by atoms with E-state index >= 15 is 0 Å². The van der Waals surface area contributed by atoms with Gasteiger partial charge in [-0.3, -0.25) is 9.59 Å². The van der Waals surface area contributed by atoms with Gasteiger partial charge in [-0.05, 0) is 31.0 Å². The maximum Gasteiger partial charge on any atom is 0.287 e. The predicted molar refractivity (Wildman–Crippen MR) is 110 cm³/mol. The summed E-state index contributed by atoms with van der Waals surface area (Å²) in [7, 11) is 0. The summed E-state index contributed by atoms with van der Waals surface area (Å²) in [5.41, 5.74) is 1.39. The summed E-state index contributed by atoms with van der Waals surface area (Å²) < 4.78 is 11.7. The Labute approximate surface area is 169 Å². The summed E-state index contributed by atoms with van der Waals surface area (Å²) in [5, 5.41) is 3.78. The van der Waals surface area contributed by atoms with Crippen LogP contribution in [0, 0.1) is 0 Å². The van der Waals surface area contributed by atoms with Gasteiger partial charge in [-0.25, -0.2) is 0 Å². The summed E-state index contributed by atoms with van der Waals surface area (Å²) in [6.45, 7) is 2.21. The predicted octanol–water partition coefficient (Wildman–Crippen LogP) is 3.75. The summed E-state index contributed by atoms with van der Waals surface area (Å²) >= 11 is 0. The standard InChI is InChI=1S/C23H24N2O4/c26-21-12-6-14-25(21)15-7-13-24-23(27)22-19(16-28-17-8-2-1-3-9-17)18-10-4-5-11-20(18)29-22/h1-5,8-11H,6-7,12-16H2,(H,24,27). The lowest BCUT2D eigenvalue weighted by Crippen LogP contribution is -2.30. The van der Waals surface area contributed by atoms with Crippen LogP contribution < -0.4 is 10.1 Å². The first-order chi connectivity index (χ1) is 14.2. The molecule has 3 aromatic rings. The molecule has 1 saturated heterocycles. The molecule has 2 heterocycles. The third kappa shape index (κ3) is 4.42. The number of carbonyl (C=O) groups excluding carboxylic acids is 2. The largest absolute Gasteiger partial charge is 0.489 e. The first-order valence-corrected chi connectivity index (χ1v) is 9.96. The highest BCUT2D eigenvalue weighted by Gasteiger charge is 2.22. The Morgan fingerprint density at radius 2 is 1.90 bits per heavy atom. The van der Waals surface area contributed by atoms with E-state index in [1.54, 1.807) is 0 Å². The van der Waals surface area contributed by atoms with Crippen LogP contribution in [0.25, 0.3) is 11.0 Å². The number of likely N-dealkylation sites (tertiary alicyclic amines) is 1. The number of benzene rings is 2. The van der Waals surface area contributed by atoms with E-state index in [-0.39, 0.29) is 24.2 Å². The van der Waals surface area contributed by atoms with Crippen molar-refractivity contribution in [1.82, 2.24) is 10.2 Å². The van der Waals surface area contributed by atoms with E-state index in [2.05, 4.69) is 5.32 Å². The normalized spacial score (nSPS) is 13.8. The summed E-state index contributed by atoms with van der Waals surface area (Å²) in [5.74, 6) is 0.952. The molecule has 1 aliphatic heterocycles. The monoisotopic (exact) mass is 392 g/mol. The highest BCUT2D eigenvalue weighted by Crippen LogP contribution is 2.27. The van der Waals surface area contributed by atoms with Crippen molar-refractivity contribution in [3.05, 3.63) is 65.9 Å². The van der Waals surface area contributed by atoms with Crippen molar-refractivity contribution in [2.45, 2.75) is 25.9 Å². The lowest BCUT2D eigenvalue weighted by molar-refractivity contribution is -0.127. The number of hydrogen-bond donors (Lipinski definition) is 1.